The van der Waals surface area contributed by atoms with E-state index >= 15 is 0 Å². The Bertz CT molecular complexity index is 722. The maximum Gasteiger partial charge on any atom is 0.346 e. The number of hydrogen-bond acceptors (Lipinski definition) is 5. The molecule has 0 unspecified atom stereocenters. The number of carbonyl (C=O) groups is 2. The van der Waals surface area contributed by atoms with Gasteiger partial charge in [-0.05, 0) is 24.3 Å². The average molecular weight is 301 g/mol. The zero-order chi connectivity index (χ0) is 15.9. The fourth-order valence-corrected chi connectivity index (χ4v) is 1.81. The van der Waals surface area contributed by atoms with Gasteiger partial charge in [0.2, 0.25) is 5.91 Å². The van der Waals surface area contributed by atoms with Crippen LogP contribution in [-0.4, -0.2) is 28.8 Å². The molecule has 0 saturated heterocycles. The van der Waals surface area contributed by atoms with Crippen LogP contribution >= 0.6 is 0 Å². The summed E-state index contributed by atoms with van der Waals surface area (Å²) in [5.41, 5.74) is 0.710. The summed E-state index contributed by atoms with van der Waals surface area (Å²) in [5.74, 6) is 0.560. The van der Waals surface area contributed by atoms with Gasteiger partial charge in [0.25, 0.3) is 0 Å². The third kappa shape index (κ3) is 4.27. The molecular formula is C15H15N3O4. The Balaban J connectivity index is 1.99. The summed E-state index contributed by atoms with van der Waals surface area (Å²) in [6.07, 6.45) is 2.71. The minimum atomic E-state index is -0.530. The van der Waals surface area contributed by atoms with Crippen LogP contribution < -0.4 is 15.7 Å². The van der Waals surface area contributed by atoms with Crippen LogP contribution in [0.2, 0.25) is 0 Å². The predicted molar refractivity (Wildman–Crippen MR) is 80.2 cm³/mol. The van der Waals surface area contributed by atoms with Crippen LogP contribution in [-0.2, 0) is 11.2 Å². The number of hydrogen-bond donors (Lipinski definition) is 2. The molecule has 2 aromatic rings. The Morgan fingerprint density at radius 3 is 2.73 bits per heavy atom. The second-order valence-corrected chi connectivity index (χ2v) is 4.55. The molecule has 2 rings (SSSR count). The van der Waals surface area contributed by atoms with Crippen molar-refractivity contribution in [3.8, 4) is 5.75 Å². The van der Waals surface area contributed by atoms with E-state index in [1.165, 1.54) is 13.1 Å². The lowest BCUT2D eigenvalue weighted by molar-refractivity contribution is -0.114. The molecule has 0 radical (unpaired) electrons. The van der Waals surface area contributed by atoms with Gasteiger partial charge in [0.1, 0.15) is 17.9 Å². The molecule has 0 fully saturated rings. The molecule has 7 heteroatoms. The van der Waals surface area contributed by atoms with Gasteiger partial charge in [0.05, 0.1) is 6.61 Å². The maximum absolute atomic E-state index is 11.2. The molecule has 22 heavy (non-hydrogen) atoms. The number of aldehydes is 1. The number of anilines is 1. The molecule has 0 spiro atoms. The minimum Gasteiger partial charge on any atom is -0.493 e. The van der Waals surface area contributed by atoms with E-state index < -0.39 is 5.69 Å². The van der Waals surface area contributed by atoms with E-state index in [9.17, 15) is 14.4 Å². The molecule has 0 bridgehead atoms. The first kappa shape index (κ1) is 15.4. The molecule has 1 aromatic heterocycles. The van der Waals surface area contributed by atoms with Crippen molar-refractivity contribution < 1.29 is 14.3 Å². The molecule has 114 valence electrons. The second-order valence-electron chi connectivity index (χ2n) is 4.55. The van der Waals surface area contributed by atoms with Crippen molar-refractivity contribution in [2.75, 3.05) is 11.9 Å². The lowest BCUT2D eigenvalue weighted by Gasteiger charge is -2.09. The summed E-state index contributed by atoms with van der Waals surface area (Å²) in [7, 11) is 0. The Morgan fingerprint density at radius 1 is 1.36 bits per heavy atom. The predicted octanol–water partition coefficient (Wildman–Crippen LogP) is 1.16. The monoisotopic (exact) mass is 301 g/mol. The molecule has 0 aliphatic carbocycles. The number of carbonyl (C=O) groups excluding carboxylic acids is 2. The summed E-state index contributed by atoms with van der Waals surface area (Å²) in [5, 5.41) is 2.51. The number of ether oxygens (including phenoxy) is 1. The highest BCUT2D eigenvalue weighted by molar-refractivity contribution is 5.88. The molecule has 1 aromatic carbocycles. The minimum absolute atomic E-state index is 0.233. The van der Waals surface area contributed by atoms with E-state index in [1.54, 1.807) is 24.3 Å². The molecule has 0 aliphatic heterocycles. The van der Waals surface area contributed by atoms with Gasteiger partial charge in [-0.25, -0.2) is 4.79 Å². The van der Waals surface area contributed by atoms with Gasteiger partial charge in [-0.3, -0.25) is 9.59 Å². The van der Waals surface area contributed by atoms with E-state index in [-0.39, 0.29) is 11.7 Å². The van der Waals surface area contributed by atoms with Crippen LogP contribution in [0.5, 0.6) is 5.75 Å². The summed E-state index contributed by atoms with van der Waals surface area (Å²) in [6, 6.07) is 6.71. The van der Waals surface area contributed by atoms with Gasteiger partial charge in [-0.15, -0.1) is 0 Å². The summed E-state index contributed by atoms with van der Waals surface area (Å²) in [6.45, 7) is 1.68. The second kappa shape index (κ2) is 7.16. The fourth-order valence-electron chi connectivity index (χ4n) is 1.81. The number of amides is 1. The first-order valence-electron chi connectivity index (χ1n) is 6.62. The number of nitrogens with zero attached hydrogens (tertiary/aromatic N) is 1. The molecule has 1 amide bonds. The highest BCUT2D eigenvalue weighted by Gasteiger charge is 2.07. The number of H-pyrrole nitrogens is 1. The van der Waals surface area contributed by atoms with Gasteiger partial charge in [-0.1, -0.05) is 0 Å². The van der Waals surface area contributed by atoms with Crippen molar-refractivity contribution in [1.82, 2.24) is 9.97 Å². The van der Waals surface area contributed by atoms with Crippen LogP contribution in [0.4, 0.5) is 5.82 Å². The topological polar surface area (TPSA) is 101 Å². The number of rotatable bonds is 6. The maximum atomic E-state index is 11.2. The third-order valence-corrected chi connectivity index (χ3v) is 2.84. The van der Waals surface area contributed by atoms with Crippen molar-refractivity contribution in [3.63, 3.8) is 0 Å². The van der Waals surface area contributed by atoms with E-state index in [0.717, 1.165) is 6.29 Å². The van der Waals surface area contributed by atoms with Gasteiger partial charge >= 0.3 is 5.69 Å². The van der Waals surface area contributed by atoms with Crippen molar-refractivity contribution in [1.29, 1.82) is 0 Å². The smallest absolute Gasteiger partial charge is 0.346 e. The molecule has 0 atom stereocenters. The van der Waals surface area contributed by atoms with Crippen LogP contribution in [0.1, 0.15) is 22.8 Å². The number of aromatic nitrogens is 2. The van der Waals surface area contributed by atoms with Crippen LogP contribution in [0.3, 0.4) is 0 Å². The highest BCUT2D eigenvalue weighted by atomic mass is 16.5. The van der Waals surface area contributed by atoms with Crippen molar-refractivity contribution in [3.05, 3.63) is 52.1 Å². The standard InChI is InChI=1S/C15H15N3O4/c1-10(20)17-14-12(8-16-15(21)18-14)6-7-22-13-4-2-11(9-19)3-5-13/h2-5,8-9H,6-7H2,1H3,(H2,16,17,18,20,21). The average Bonchev–Trinajstić information content (AvgIpc) is 2.49. The Labute approximate surface area is 126 Å². The normalized spacial score (nSPS) is 10.0. The SMILES string of the molecule is CC(=O)Nc1nc(=O)[nH]cc1CCOc1ccc(C=O)cc1. The van der Waals surface area contributed by atoms with Crippen LogP contribution in [0, 0.1) is 0 Å². The first-order chi connectivity index (χ1) is 10.6. The van der Waals surface area contributed by atoms with Gasteiger partial charge in [0.15, 0.2) is 0 Å². The zero-order valence-electron chi connectivity index (χ0n) is 12.0. The van der Waals surface area contributed by atoms with Crippen molar-refractivity contribution >= 4 is 18.0 Å². The van der Waals surface area contributed by atoms with Gasteiger partial charge in [0, 0.05) is 30.7 Å². The lowest BCUT2D eigenvalue weighted by atomic mass is 10.2. The van der Waals surface area contributed by atoms with Crippen molar-refractivity contribution in [2.24, 2.45) is 0 Å². The van der Waals surface area contributed by atoms with Crippen molar-refractivity contribution in [2.45, 2.75) is 13.3 Å². The van der Waals surface area contributed by atoms with E-state index in [4.69, 9.17) is 4.74 Å². The van der Waals surface area contributed by atoms with Crippen LogP contribution in [0.25, 0.3) is 0 Å². The number of nitrogens with one attached hydrogen (secondary N) is 2. The Kier molecular flexibility index (Phi) is 5.02. The van der Waals surface area contributed by atoms with E-state index in [2.05, 4.69) is 15.3 Å². The molecule has 0 saturated carbocycles. The quantitative estimate of drug-likeness (QED) is 0.780. The summed E-state index contributed by atoms with van der Waals surface area (Å²) >= 11 is 0. The van der Waals surface area contributed by atoms with Gasteiger partial charge < -0.3 is 15.0 Å². The lowest BCUT2D eigenvalue weighted by Crippen LogP contribution is -2.19. The largest absolute Gasteiger partial charge is 0.493 e. The Morgan fingerprint density at radius 2 is 2.09 bits per heavy atom. The molecular weight excluding hydrogens is 286 g/mol. The van der Waals surface area contributed by atoms with E-state index in [1.807, 2.05) is 0 Å². The van der Waals surface area contributed by atoms with Gasteiger partial charge in [-0.2, -0.15) is 4.98 Å². The van der Waals surface area contributed by atoms with Crippen LogP contribution in [0.15, 0.2) is 35.3 Å². The number of benzene rings is 1. The highest BCUT2D eigenvalue weighted by Crippen LogP contribution is 2.13. The molecule has 0 aliphatic rings. The van der Waals surface area contributed by atoms with E-state index in [0.29, 0.717) is 29.9 Å². The molecule has 7 nitrogen and oxygen atoms in total. The third-order valence-electron chi connectivity index (χ3n) is 2.84. The first-order valence-corrected chi connectivity index (χ1v) is 6.62. The molecule has 1 heterocycles. The fraction of sp³-hybridized carbons (Fsp3) is 0.200. The summed E-state index contributed by atoms with van der Waals surface area (Å²) < 4.78 is 5.55. The zero-order valence-corrected chi connectivity index (χ0v) is 12.0. The summed E-state index contributed by atoms with van der Waals surface area (Å²) in [4.78, 5) is 39.1. The molecule has 2 N–H and O–H groups in total. The number of aromatic amines is 1. The Hall–Kier alpha value is -2.96.